The highest BCUT2D eigenvalue weighted by atomic mass is 35.5. The Balaban J connectivity index is 1.20. The lowest BCUT2D eigenvalue weighted by atomic mass is 10.0. The first-order valence-electron chi connectivity index (χ1n) is 13.3. The lowest BCUT2D eigenvalue weighted by Gasteiger charge is -2.33. The van der Waals surface area contributed by atoms with E-state index in [0.29, 0.717) is 23.3 Å². The number of nitrogens with zero attached hydrogens (tertiary/aromatic N) is 7. The maximum atomic E-state index is 14.9. The number of hydrazone groups is 1. The summed E-state index contributed by atoms with van der Waals surface area (Å²) in [6, 6.07) is 7.13. The number of amidine groups is 1. The van der Waals surface area contributed by atoms with Gasteiger partial charge in [0, 0.05) is 50.2 Å². The maximum Gasteiger partial charge on any atom is 0.181 e. The number of hydrogen-bond acceptors (Lipinski definition) is 8. The van der Waals surface area contributed by atoms with Gasteiger partial charge in [-0.05, 0) is 49.8 Å². The fourth-order valence-electron chi connectivity index (χ4n) is 5.83. The Hall–Kier alpha value is -3.21. The summed E-state index contributed by atoms with van der Waals surface area (Å²) in [4.78, 5) is 7.07. The Morgan fingerprint density at radius 1 is 1.11 bits per heavy atom. The predicted molar refractivity (Wildman–Crippen MR) is 148 cm³/mol. The second kappa shape index (κ2) is 10.5. The summed E-state index contributed by atoms with van der Waals surface area (Å²) in [5.41, 5.74) is 11.9. The van der Waals surface area contributed by atoms with Gasteiger partial charge >= 0.3 is 0 Å². The number of hydrazine groups is 2. The SMILES string of the molecule is CN1N=C(c2cc(-c3cnn(C4CCN(CC5CCCC5)CC4)c3)cnc2N)N(c2cccc(Cl)c2F)N1. The summed E-state index contributed by atoms with van der Waals surface area (Å²) in [7, 11) is 1.72. The van der Waals surface area contributed by atoms with Gasteiger partial charge in [-0.25, -0.2) is 19.5 Å². The number of hydrogen-bond donors (Lipinski definition) is 2. The van der Waals surface area contributed by atoms with Crippen LogP contribution in [0.5, 0.6) is 0 Å². The van der Waals surface area contributed by atoms with Crippen molar-refractivity contribution in [2.24, 2.45) is 11.0 Å². The number of nitrogens with one attached hydrogen (secondary N) is 1. The van der Waals surface area contributed by atoms with E-state index in [-0.39, 0.29) is 10.7 Å². The third-order valence-electron chi connectivity index (χ3n) is 7.89. The minimum absolute atomic E-state index is 0.0230. The molecule has 2 aliphatic heterocycles. The highest BCUT2D eigenvalue weighted by Crippen LogP contribution is 2.32. The first kappa shape index (κ1) is 25.1. The van der Waals surface area contributed by atoms with E-state index >= 15 is 0 Å². The summed E-state index contributed by atoms with van der Waals surface area (Å²) in [5.74, 6) is 1.05. The lowest BCUT2D eigenvalue weighted by Crippen LogP contribution is -2.42. The van der Waals surface area contributed by atoms with Crippen molar-refractivity contribution in [3.8, 4) is 11.1 Å². The second-order valence-corrected chi connectivity index (χ2v) is 10.9. The van der Waals surface area contributed by atoms with Crippen molar-refractivity contribution in [3.63, 3.8) is 0 Å². The molecule has 0 atom stereocenters. The number of benzene rings is 1. The summed E-state index contributed by atoms with van der Waals surface area (Å²) in [6.45, 7) is 3.50. The van der Waals surface area contributed by atoms with Gasteiger partial charge in [0.15, 0.2) is 11.7 Å². The summed E-state index contributed by atoms with van der Waals surface area (Å²) < 4.78 is 17.0. The van der Waals surface area contributed by atoms with Crippen molar-refractivity contribution in [1.82, 2.24) is 30.3 Å². The van der Waals surface area contributed by atoms with Crippen LogP contribution in [-0.2, 0) is 0 Å². The van der Waals surface area contributed by atoms with Crippen molar-refractivity contribution in [3.05, 3.63) is 59.3 Å². The van der Waals surface area contributed by atoms with Crippen molar-refractivity contribution in [2.75, 3.05) is 37.4 Å². The normalized spacial score (nSPS) is 19.5. The lowest BCUT2D eigenvalue weighted by molar-refractivity contribution is 0.158. The molecule has 1 aromatic carbocycles. The third kappa shape index (κ3) is 4.95. The smallest absolute Gasteiger partial charge is 0.181 e. The highest BCUT2D eigenvalue weighted by molar-refractivity contribution is 6.31. The van der Waals surface area contributed by atoms with Gasteiger partial charge < -0.3 is 10.6 Å². The van der Waals surface area contributed by atoms with Crippen LogP contribution in [0.2, 0.25) is 5.02 Å². The molecule has 0 amide bonds. The van der Waals surface area contributed by atoms with E-state index in [1.54, 1.807) is 25.4 Å². The third-order valence-corrected chi connectivity index (χ3v) is 8.18. The summed E-state index contributed by atoms with van der Waals surface area (Å²) >= 11 is 6.04. The highest BCUT2D eigenvalue weighted by Gasteiger charge is 2.29. The van der Waals surface area contributed by atoms with Gasteiger partial charge in [-0.15, -0.1) is 10.6 Å². The van der Waals surface area contributed by atoms with Crippen molar-refractivity contribution >= 4 is 28.9 Å². The second-order valence-electron chi connectivity index (χ2n) is 10.5. The van der Waals surface area contributed by atoms with Gasteiger partial charge in [0.25, 0.3) is 0 Å². The monoisotopic (exact) mass is 537 g/mol. The molecule has 9 nitrogen and oxygen atoms in total. The fourth-order valence-corrected chi connectivity index (χ4v) is 6.00. The Bertz CT molecular complexity index is 1330. The number of nitrogen functional groups attached to an aromatic ring is 1. The van der Waals surface area contributed by atoms with E-state index in [2.05, 4.69) is 31.4 Å². The molecule has 0 unspecified atom stereocenters. The van der Waals surface area contributed by atoms with Crippen LogP contribution >= 0.6 is 11.6 Å². The molecule has 200 valence electrons. The van der Waals surface area contributed by atoms with Crippen LogP contribution in [0.15, 0.2) is 48.0 Å². The average Bonchev–Trinajstić information content (AvgIpc) is 3.68. The molecular formula is C27H33ClFN9. The Labute approximate surface area is 227 Å². The molecule has 0 radical (unpaired) electrons. The molecule has 11 heteroatoms. The largest absolute Gasteiger partial charge is 0.383 e. The van der Waals surface area contributed by atoms with E-state index in [4.69, 9.17) is 22.4 Å². The molecule has 1 aliphatic carbocycles. The van der Waals surface area contributed by atoms with E-state index in [1.807, 2.05) is 12.3 Å². The molecule has 3 N–H and O–H groups in total. The van der Waals surface area contributed by atoms with Gasteiger partial charge in [-0.3, -0.25) is 4.68 Å². The summed E-state index contributed by atoms with van der Waals surface area (Å²) in [6.07, 6.45) is 13.5. The molecule has 0 spiro atoms. The molecule has 38 heavy (non-hydrogen) atoms. The van der Waals surface area contributed by atoms with Crippen LogP contribution in [0.3, 0.4) is 0 Å². The van der Waals surface area contributed by atoms with Gasteiger partial charge in [0.1, 0.15) is 5.82 Å². The number of rotatable bonds is 6. The number of pyridine rings is 1. The van der Waals surface area contributed by atoms with E-state index in [1.165, 1.54) is 48.4 Å². The average molecular weight is 538 g/mol. The number of likely N-dealkylation sites (tertiary alicyclic amines) is 1. The molecule has 1 saturated heterocycles. The molecular weight excluding hydrogens is 505 g/mol. The first-order chi connectivity index (χ1) is 18.5. The number of nitrogens with two attached hydrogens (primary N) is 1. The molecule has 2 aromatic heterocycles. The fraction of sp³-hybridized carbons (Fsp3) is 0.444. The predicted octanol–water partition coefficient (Wildman–Crippen LogP) is 4.68. The summed E-state index contributed by atoms with van der Waals surface area (Å²) in [5, 5.41) is 12.2. The van der Waals surface area contributed by atoms with E-state index in [9.17, 15) is 4.39 Å². The van der Waals surface area contributed by atoms with Crippen LogP contribution in [0.4, 0.5) is 15.9 Å². The molecule has 4 heterocycles. The van der Waals surface area contributed by atoms with Crippen LogP contribution < -0.4 is 16.3 Å². The Kier molecular flexibility index (Phi) is 6.94. The maximum absolute atomic E-state index is 14.9. The van der Waals surface area contributed by atoms with Gasteiger partial charge in [0.05, 0.1) is 28.5 Å². The van der Waals surface area contributed by atoms with Crippen LogP contribution in [-0.4, -0.2) is 57.3 Å². The van der Waals surface area contributed by atoms with Crippen molar-refractivity contribution < 1.29 is 4.39 Å². The molecule has 0 bridgehead atoms. The molecule has 3 aliphatic rings. The Morgan fingerprint density at radius 2 is 1.89 bits per heavy atom. The zero-order chi connectivity index (χ0) is 26.2. The van der Waals surface area contributed by atoms with Gasteiger partial charge in [0.2, 0.25) is 0 Å². The van der Waals surface area contributed by atoms with Crippen LogP contribution in [0.25, 0.3) is 11.1 Å². The topological polar surface area (TPSA) is 90.8 Å². The minimum Gasteiger partial charge on any atom is -0.383 e. The van der Waals surface area contributed by atoms with Crippen molar-refractivity contribution in [2.45, 2.75) is 44.6 Å². The number of anilines is 2. The Morgan fingerprint density at radius 3 is 2.68 bits per heavy atom. The molecule has 1 saturated carbocycles. The van der Waals surface area contributed by atoms with Crippen molar-refractivity contribution in [1.29, 1.82) is 0 Å². The quantitative estimate of drug-likeness (QED) is 0.472. The zero-order valence-electron chi connectivity index (χ0n) is 21.5. The van der Waals surface area contributed by atoms with E-state index in [0.717, 1.165) is 43.0 Å². The minimum atomic E-state index is -0.553. The van der Waals surface area contributed by atoms with E-state index < -0.39 is 5.82 Å². The number of aromatic nitrogens is 3. The molecule has 6 rings (SSSR count). The van der Waals surface area contributed by atoms with Gasteiger partial charge in [-0.1, -0.05) is 30.5 Å². The van der Waals surface area contributed by atoms with Crippen LogP contribution in [0.1, 0.15) is 50.1 Å². The number of piperidine rings is 1. The molecule has 2 fully saturated rings. The first-order valence-corrected chi connectivity index (χ1v) is 13.7. The van der Waals surface area contributed by atoms with Gasteiger partial charge in [-0.2, -0.15) is 5.10 Å². The van der Waals surface area contributed by atoms with Crippen LogP contribution in [0, 0.1) is 11.7 Å². The number of halogens is 2. The molecule has 3 aromatic rings. The zero-order valence-corrected chi connectivity index (χ0v) is 22.3. The standard InChI is InChI=1S/C27H33ClFN9/c1-35-33-27(38(34-35)24-8-4-7-23(28)25(24)29)22-13-19(14-31-26(22)30)20-15-32-37(17-20)21-9-11-36(12-10-21)16-18-5-2-3-6-18/h4,7-8,13-15,17-18,21,34H,2-3,5-6,9-12,16H2,1H3,(H2,30,31).